The zero-order chi connectivity index (χ0) is 22.8. The zero-order valence-electron chi connectivity index (χ0n) is 16.8. The first kappa shape index (κ1) is 22.7. The van der Waals surface area contributed by atoms with Crippen molar-refractivity contribution in [3.8, 4) is 0 Å². The van der Waals surface area contributed by atoms with Gasteiger partial charge in [-0.25, -0.2) is 8.42 Å². The van der Waals surface area contributed by atoms with Gasteiger partial charge in [0.25, 0.3) is 5.91 Å². The summed E-state index contributed by atoms with van der Waals surface area (Å²) < 4.78 is 65.2. The number of hydrogen-bond acceptors (Lipinski definition) is 4. The van der Waals surface area contributed by atoms with Crippen LogP contribution in [0.4, 0.5) is 18.9 Å². The fourth-order valence-electron chi connectivity index (χ4n) is 3.12. The minimum atomic E-state index is -4.50. The minimum Gasteiger partial charge on any atom is -0.321 e. The van der Waals surface area contributed by atoms with Crippen molar-refractivity contribution >= 4 is 32.5 Å². The molecule has 31 heavy (non-hydrogen) atoms. The molecule has 3 aromatic rings. The maximum Gasteiger partial charge on any atom is 0.416 e. The van der Waals surface area contributed by atoms with Crippen LogP contribution in [0.1, 0.15) is 29.8 Å². The van der Waals surface area contributed by atoms with Gasteiger partial charge in [0.15, 0.2) is 0 Å². The van der Waals surface area contributed by atoms with Crippen LogP contribution in [0, 0.1) is 0 Å². The Morgan fingerprint density at radius 1 is 1.03 bits per heavy atom. The Kier molecular flexibility index (Phi) is 6.33. The van der Waals surface area contributed by atoms with Crippen molar-refractivity contribution in [2.45, 2.75) is 24.9 Å². The molecule has 1 N–H and O–H groups in total. The summed E-state index contributed by atoms with van der Waals surface area (Å²) in [4.78, 5) is 16.6. The molecule has 0 saturated carbocycles. The molecule has 0 radical (unpaired) electrons. The number of alkyl halides is 3. The van der Waals surface area contributed by atoms with Crippen LogP contribution in [0.5, 0.6) is 0 Å². The number of benzene rings is 2. The fraction of sp³-hybridized carbons (Fsp3) is 0.238. The second-order valence-corrected chi connectivity index (χ2v) is 8.59. The predicted octanol–water partition coefficient (Wildman–Crippen LogP) is 4.54. The molecule has 164 valence electrons. The quantitative estimate of drug-likeness (QED) is 0.597. The summed E-state index contributed by atoms with van der Waals surface area (Å²) in [6.07, 6.45) is -3.19. The number of anilines is 1. The highest BCUT2D eigenvalue weighted by Crippen LogP contribution is 2.32. The molecule has 1 amide bonds. The Labute approximate surface area is 177 Å². The molecule has 10 heteroatoms. The lowest BCUT2D eigenvalue weighted by Crippen LogP contribution is -2.30. The molecule has 0 bridgehead atoms. The van der Waals surface area contributed by atoms with Crippen LogP contribution >= 0.6 is 0 Å². The number of carbonyl (C=O) groups excluding carboxylic acids is 1. The highest BCUT2D eigenvalue weighted by atomic mass is 32.2. The highest BCUT2D eigenvalue weighted by molar-refractivity contribution is 7.89. The summed E-state index contributed by atoms with van der Waals surface area (Å²) in [7, 11) is -3.65. The lowest BCUT2D eigenvalue weighted by Gasteiger charge is -2.18. The van der Waals surface area contributed by atoms with Crippen molar-refractivity contribution < 1.29 is 26.4 Å². The molecule has 0 atom stereocenters. The predicted molar refractivity (Wildman–Crippen MR) is 111 cm³/mol. The van der Waals surface area contributed by atoms with Crippen LogP contribution in [0.15, 0.2) is 59.6 Å². The summed E-state index contributed by atoms with van der Waals surface area (Å²) >= 11 is 0. The number of hydrogen-bond donors (Lipinski definition) is 1. The van der Waals surface area contributed by atoms with Gasteiger partial charge in [-0.05, 0) is 42.5 Å². The van der Waals surface area contributed by atoms with Crippen LogP contribution in [-0.4, -0.2) is 36.7 Å². The number of nitrogens with one attached hydrogen (secondary N) is 1. The van der Waals surface area contributed by atoms with E-state index in [-0.39, 0.29) is 16.0 Å². The molecule has 3 rings (SSSR count). The van der Waals surface area contributed by atoms with E-state index < -0.39 is 27.7 Å². The molecule has 0 spiro atoms. The normalized spacial score (nSPS) is 12.3. The Bertz CT molecular complexity index is 1210. The van der Waals surface area contributed by atoms with Gasteiger partial charge >= 0.3 is 6.18 Å². The number of rotatable bonds is 6. The summed E-state index contributed by atoms with van der Waals surface area (Å²) in [5.74, 6) is -0.529. The first-order chi connectivity index (χ1) is 14.6. The van der Waals surface area contributed by atoms with Crippen molar-refractivity contribution in [1.82, 2.24) is 9.29 Å². The molecular formula is C21H20F3N3O3S. The fourth-order valence-corrected chi connectivity index (χ4v) is 4.58. The largest absolute Gasteiger partial charge is 0.416 e. The van der Waals surface area contributed by atoms with E-state index in [1.165, 1.54) is 46.9 Å². The first-order valence-electron chi connectivity index (χ1n) is 9.45. The third-order valence-electron chi connectivity index (χ3n) is 4.78. The van der Waals surface area contributed by atoms with Gasteiger partial charge in [-0.1, -0.05) is 19.9 Å². The van der Waals surface area contributed by atoms with E-state index >= 15 is 0 Å². The smallest absolute Gasteiger partial charge is 0.321 e. The third kappa shape index (κ3) is 4.70. The Morgan fingerprint density at radius 2 is 1.68 bits per heavy atom. The van der Waals surface area contributed by atoms with Gasteiger partial charge in [-0.3, -0.25) is 9.78 Å². The maximum absolute atomic E-state index is 12.9. The van der Waals surface area contributed by atoms with Crippen molar-refractivity contribution in [3.05, 3.63) is 65.9 Å². The number of fused-ring (bicyclic) bond motifs is 1. The van der Waals surface area contributed by atoms with Gasteiger partial charge < -0.3 is 5.32 Å². The van der Waals surface area contributed by atoms with Crippen LogP contribution < -0.4 is 5.32 Å². The standard InChI is InChI=1S/C21H20F3N3O3S/c1-3-27(4-2)31(29,30)16-8-5-14(6-9-16)20(28)26-18-11-12-25-19-13-15(21(22,23)24)7-10-17(18)19/h5-13H,3-4H2,1-2H3,(H,25,26,28). The van der Waals surface area contributed by atoms with Crippen molar-refractivity contribution in [3.63, 3.8) is 0 Å². The SMILES string of the molecule is CCN(CC)S(=O)(=O)c1ccc(C(=O)Nc2ccnc3cc(C(F)(F)F)ccc23)cc1. The molecular weight excluding hydrogens is 431 g/mol. The second-order valence-electron chi connectivity index (χ2n) is 6.66. The molecule has 0 saturated heterocycles. The number of nitrogens with zero attached hydrogens (tertiary/aromatic N) is 2. The van der Waals surface area contributed by atoms with E-state index in [0.717, 1.165) is 12.1 Å². The number of sulfonamides is 1. The summed E-state index contributed by atoms with van der Waals surface area (Å²) in [5.41, 5.74) is -0.242. The highest BCUT2D eigenvalue weighted by Gasteiger charge is 2.30. The van der Waals surface area contributed by atoms with E-state index in [1.807, 2.05) is 0 Å². The summed E-state index contributed by atoms with van der Waals surface area (Å²) in [6, 6.07) is 10.0. The van der Waals surface area contributed by atoms with Gasteiger partial charge in [0, 0.05) is 30.2 Å². The van der Waals surface area contributed by atoms with Crippen molar-refractivity contribution in [2.75, 3.05) is 18.4 Å². The molecule has 0 unspecified atom stereocenters. The zero-order valence-corrected chi connectivity index (χ0v) is 17.6. The summed E-state index contributed by atoms with van der Waals surface area (Å²) in [5, 5.41) is 2.99. The number of halogens is 3. The van der Waals surface area contributed by atoms with Gasteiger partial charge in [0.05, 0.1) is 21.7 Å². The Balaban J connectivity index is 1.86. The van der Waals surface area contributed by atoms with E-state index in [9.17, 15) is 26.4 Å². The van der Waals surface area contributed by atoms with Crippen LogP contribution in [0.3, 0.4) is 0 Å². The first-order valence-corrected chi connectivity index (χ1v) is 10.9. The minimum absolute atomic E-state index is 0.0711. The molecule has 0 aliphatic rings. The van der Waals surface area contributed by atoms with E-state index in [4.69, 9.17) is 0 Å². The average molecular weight is 451 g/mol. The number of amides is 1. The topological polar surface area (TPSA) is 79.4 Å². The van der Waals surface area contributed by atoms with Crippen LogP contribution in [-0.2, 0) is 16.2 Å². The molecule has 1 heterocycles. The number of carbonyl (C=O) groups is 1. The summed E-state index contributed by atoms with van der Waals surface area (Å²) in [6.45, 7) is 4.12. The second kappa shape index (κ2) is 8.64. The van der Waals surface area contributed by atoms with E-state index in [2.05, 4.69) is 10.3 Å². The maximum atomic E-state index is 12.9. The molecule has 6 nitrogen and oxygen atoms in total. The van der Waals surface area contributed by atoms with E-state index in [1.54, 1.807) is 13.8 Å². The number of aromatic nitrogens is 1. The lowest BCUT2D eigenvalue weighted by atomic mass is 10.1. The monoisotopic (exact) mass is 451 g/mol. The third-order valence-corrected chi connectivity index (χ3v) is 6.84. The van der Waals surface area contributed by atoms with Crippen molar-refractivity contribution in [1.29, 1.82) is 0 Å². The van der Waals surface area contributed by atoms with Gasteiger partial charge in [0.2, 0.25) is 10.0 Å². The lowest BCUT2D eigenvalue weighted by molar-refractivity contribution is -0.137. The van der Waals surface area contributed by atoms with Gasteiger partial charge in [-0.2, -0.15) is 17.5 Å². The molecule has 0 aliphatic carbocycles. The molecule has 0 fully saturated rings. The van der Waals surface area contributed by atoms with Crippen molar-refractivity contribution in [2.24, 2.45) is 0 Å². The van der Waals surface area contributed by atoms with Gasteiger partial charge in [-0.15, -0.1) is 0 Å². The molecule has 2 aromatic carbocycles. The number of pyridine rings is 1. The average Bonchev–Trinajstić information content (AvgIpc) is 2.73. The molecule has 1 aromatic heterocycles. The van der Waals surface area contributed by atoms with Crippen LogP contribution in [0.2, 0.25) is 0 Å². The van der Waals surface area contributed by atoms with Crippen LogP contribution in [0.25, 0.3) is 10.9 Å². The molecule has 0 aliphatic heterocycles. The van der Waals surface area contributed by atoms with Gasteiger partial charge in [0.1, 0.15) is 0 Å². The van der Waals surface area contributed by atoms with E-state index in [0.29, 0.717) is 24.2 Å². The Morgan fingerprint density at radius 3 is 2.26 bits per heavy atom. The Hall–Kier alpha value is -2.98.